The number of aliphatic hydroxyl groups excluding tert-OH is 1. The van der Waals surface area contributed by atoms with Gasteiger partial charge in [0.05, 0.1) is 6.61 Å². The maximum Gasteiger partial charge on any atom is 0.332 e. The molecule has 1 aliphatic heterocycles. The number of nitrogens with zero attached hydrogens (tertiary/aromatic N) is 1. The van der Waals surface area contributed by atoms with Crippen molar-refractivity contribution in [3.63, 3.8) is 0 Å². The third kappa shape index (κ3) is 4.03. The van der Waals surface area contributed by atoms with Crippen LogP contribution in [0.4, 0.5) is 0 Å². The first-order chi connectivity index (χ1) is 10.1. The van der Waals surface area contributed by atoms with Crippen molar-refractivity contribution >= 4 is 11.9 Å². The number of rotatable bonds is 6. The number of carbonyl (C=O) groups is 2. The van der Waals surface area contributed by atoms with E-state index in [0.717, 1.165) is 5.56 Å². The average Bonchev–Trinajstić information content (AvgIpc) is 2.97. The monoisotopic (exact) mass is 293 g/mol. The lowest BCUT2D eigenvalue weighted by molar-refractivity contribution is -0.155. The van der Waals surface area contributed by atoms with Gasteiger partial charge < -0.3 is 19.8 Å². The predicted octanol–water partition coefficient (Wildman–Crippen LogP) is 0.640. The molecular weight excluding hydrogens is 274 g/mol. The molecule has 1 aromatic carbocycles. The van der Waals surface area contributed by atoms with Crippen molar-refractivity contribution in [3.05, 3.63) is 35.9 Å². The third-order valence-electron chi connectivity index (χ3n) is 3.47. The molecule has 1 fully saturated rings. The van der Waals surface area contributed by atoms with Crippen molar-refractivity contribution < 1.29 is 24.5 Å². The Morgan fingerprint density at radius 3 is 2.43 bits per heavy atom. The molecule has 1 heterocycles. The average molecular weight is 293 g/mol. The van der Waals surface area contributed by atoms with Crippen LogP contribution in [0, 0.1) is 0 Å². The molecule has 0 radical (unpaired) electrons. The first-order valence-corrected chi connectivity index (χ1v) is 6.93. The maximum absolute atomic E-state index is 12.4. The number of aliphatic carboxylic acids is 1. The molecule has 2 rings (SSSR count). The van der Waals surface area contributed by atoms with Crippen molar-refractivity contribution in [2.75, 3.05) is 13.2 Å². The second-order valence-electron chi connectivity index (χ2n) is 5.00. The van der Waals surface area contributed by atoms with Gasteiger partial charge in [0.2, 0.25) is 0 Å². The fourth-order valence-electron chi connectivity index (χ4n) is 2.40. The highest BCUT2D eigenvalue weighted by Gasteiger charge is 2.36. The molecule has 2 atom stereocenters. The SMILES string of the molecule is O=C(O)C1CCC(C(=O)N(CCO)Cc2ccccc2)O1. The van der Waals surface area contributed by atoms with Gasteiger partial charge in [0.15, 0.2) is 6.10 Å². The second kappa shape index (κ2) is 7.19. The summed E-state index contributed by atoms with van der Waals surface area (Å²) >= 11 is 0. The fourth-order valence-corrected chi connectivity index (χ4v) is 2.40. The zero-order valence-electron chi connectivity index (χ0n) is 11.6. The van der Waals surface area contributed by atoms with Crippen LogP contribution in [-0.2, 0) is 20.9 Å². The molecule has 2 N–H and O–H groups in total. The molecule has 0 aliphatic carbocycles. The standard InChI is InChI=1S/C15H19NO5/c17-9-8-16(10-11-4-2-1-3-5-11)14(18)12-6-7-13(21-12)15(19)20/h1-5,12-13,17H,6-10H2,(H,19,20). The highest BCUT2D eigenvalue weighted by molar-refractivity contribution is 5.82. The summed E-state index contributed by atoms with van der Waals surface area (Å²) < 4.78 is 5.28. The Kier molecular flexibility index (Phi) is 5.30. The lowest BCUT2D eigenvalue weighted by atomic mass is 10.1. The number of benzene rings is 1. The van der Waals surface area contributed by atoms with Crippen molar-refractivity contribution in [3.8, 4) is 0 Å². The number of aliphatic hydroxyl groups is 1. The minimum atomic E-state index is -1.04. The molecule has 0 aromatic heterocycles. The lowest BCUT2D eigenvalue weighted by Gasteiger charge is -2.25. The summed E-state index contributed by atoms with van der Waals surface area (Å²) in [7, 11) is 0. The van der Waals surface area contributed by atoms with E-state index >= 15 is 0 Å². The zero-order valence-corrected chi connectivity index (χ0v) is 11.6. The second-order valence-corrected chi connectivity index (χ2v) is 5.00. The largest absolute Gasteiger partial charge is 0.479 e. The van der Waals surface area contributed by atoms with Crippen molar-refractivity contribution in [1.29, 1.82) is 0 Å². The molecule has 114 valence electrons. The molecule has 6 nitrogen and oxygen atoms in total. The minimum absolute atomic E-state index is 0.145. The molecular formula is C15H19NO5. The van der Waals surface area contributed by atoms with Gasteiger partial charge in [0, 0.05) is 13.1 Å². The number of hydrogen-bond donors (Lipinski definition) is 2. The van der Waals surface area contributed by atoms with Crippen LogP contribution in [0.2, 0.25) is 0 Å². The zero-order chi connectivity index (χ0) is 15.2. The number of amides is 1. The van der Waals surface area contributed by atoms with Gasteiger partial charge in [-0.3, -0.25) is 4.79 Å². The Labute approximate surface area is 122 Å². The molecule has 0 spiro atoms. The van der Waals surface area contributed by atoms with Crippen LogP contribution in [-0.4, -0.2) is 52.3 Å². The van der Waals surface area contributed by atoms with E-state index in [0.29, 0.717) is 19.4 Å². The smallest absolute Gasteiger partial charge is 0.332 e. The van der Waals surface area contributed by atoms with E-state index in [4.69, 9.17) is 14.9 Å². The molecule has 2 unspecified atom stereocenters. The Morgan fingerprint density at radius 2 is 1.86 bits per heavy atom. The highest BCUT2D eigenvalue weighted by Crippen LogP contribution is 2.22. The molecule has 0 bridgehead atoms. The van der Waals surface area contributed by atoms with E-state index in [1.807, 2.05) is 30.3 Å². The van der Waals surface area contributed by atoms with Crippen LogP contribution in [0.1, 0.15) is 18.4 Å². The van der Waals surface area contributed by atoms with Gasteiger partial charge in [-0.15, -0.1) is 0 Å². The summed E-state index contributed by atoms with van der Waals surface area (Å²) in [6.45, 7) is 0.427. The predicted molar refractivity (Wildman–Crippen MR) is 74.5 cm³/mol. The minimum Gasteiger partial charge on any atom is -0.479 e. The van der Waals surface area contributed by atoms with Crippen LogP contribution in [0.3, 0.4) is 0 Å². The van der Waals surface area contributed by atoms with E-state index in [1.54, 1.807) is 0 Å². The topological polar surface area (TPSA) is 87.1 Å². The lowest BCUT2D eigenvalue weighted by Crippen LogP contribution is -2.40. The number of carboxylic acid groups (broad SMARTS) is 1. The van der Waals surface area contributed by atoms with Gasteiger partial charge in [0.25, 0.3) is 5.91 Å². The van der Waals surface area contributed by atoms with Gasteiger partial charge >= 0.3 is 5.97 Å². The number of carboxylic acids is 1. The van der Waals surface area contributed by atoms with Gasteiger partial charge in [-0.1, -0.05) is 30.3 Å². The van der Waals surface area contributed by atoms with E-state index in [9.17, 15) is 9.59 Å². The third-order valence-corrected chi connectivity index (χ3v) is 3.47. The first-order valence-electron chi connectivity index (χ1n) is 6.93. The van der Waals surface area contributed by atoms with Crippen LogP contribution in [0.15, 0.2) is 30.3 Å². The molecule has 21 heavy (non-hydrogen) atoms. The summed E-state index contributed by atoms with van der Waals surface area (Å²) in [6, 6.07) is 9.44. The van der Waals surface area contributed by atoms with Crippen LogP contribution in [0.25, 0.3) is 0 Å². The highest BCUT2D eigenvalue weighted by atomic mass is 16.5. The van der Waals surface area contributed by atoms with Gasteiger partial charge in [0.1, 0.15) is 6.10 Å². The van der Waals surface area contributed by atoms with Crippen molar-refractivity contribution in [2.45, 2.75) is 31.6 Å². The molecule has 1 aromatic rings. The Morgan fingerprint density at radius 1 is 1.19 bits per heavy atom. The van der Waals surface area contributed by atoms with E-state index < -0.39 is 18.2 Å². The van der Waals surface area contributed by atoms with Crippen LogP contribution >= 0.6 is 0 Å². The molecule has 0 saturated carbocycles. The first kappa shape index (κ1) is 15.5. The molecule has 1 saturated heterocycles. The Hall–Kier alpha value is -1.92. The maximum atomic E-state index is 12.4. The number of ether oxygens (including phenoxy) is 1. The quantitative estimate of drug-likeness (QED) is 0.803. The summed E-state index contributed by atoms with van der Waals surface area (Å²) in [5.74, 6) is -1.31. The van der Waals surface area contributed by atoms with Crippen LogP contribution < -0.4 is 0 Å². The molecule has 6 heteroatoms. The number of hydrogen-bond acceptors (Lipinski definition) is 4. The van der Waals surface area contributed by atoms with E-state index in [2.05, 4.69) is 0 Å². The van der Waals surface area contributed by atoms with Crippen molar-refractivity contribution in [2.24, 2.45) is 0 Å². The van der Waals surface area contributed by atoms with E-state index in [1.165, 1.54) is 4.90 Å². The number of carbonyl (C=O) groups excluding carboxylic acids is 1. The Balaban J connectivity index is 2.01. The molecule has 1 aliphatic rings. The van der Waals surface area contributed by atoms with Crippen molar-refractivity contribution in [1.82, 2.24) is 4.90 Å². The van der Waals surface area contributed by atoms with Gasteiger partial charge in [-0.2, -0.15) is 0 Å². The Bertz CT molecular complexity index is 490. The summed E-state index contributed by atoms with van der Waals surface area (Å²) in [6.07, 6.45) is -0.913. The van der Waals surface area contributed by atoms with Gasteiger partial charge in [-0.05, 0) is 18.4 Å². The summed E-state index contributed by atoms with van der Waals surface area (Å²) in [4.78, 5) is 24.8. The fraction of sp³-hybridized carbons (Fsp3) is 0.467. The molecule has 1 amide bonds. The summed E-state index contributed by atoms with van der Waals surface area (Å²) in [5.41, 5.74) is 0.951. The van der Waals surface area contributed by atoms with E-state index in [-0.39, 0.29) is 19.1 Å². The van der Waals surface area contributed by atoms with Crippen LogP contribution in [0.5, 0.6) is 0 Å². The summed E-state index contributed by atoms with van der Waals surface area (Å²) in [5, 5.41) is 18.0. The van der Waals surface area contributed by atoms with Gasteiger partial charge in [-0.25, -0.2) is 4.79 Å². The normalized spacial score (nSPS) is 21.2.